The largest absolute Gasteiger partial charge is 0.492 e. The monoisotopic (exact) mass is 205 g/mol. The Morgan fingerprint density at radius 2 is 2.13 bits per heavy atom. The van der Waals surface area contributed by atoms with Crippen molar-refractivity contribution >= 4 is 5.91 Å². The quantitative estimate of drug-likeness (QED) is 0.743. The molecule has 0 aromatic heterocycles. The van der Waals surface area contributed by atoms with E-state index < -0.39 is 0 Å². The second-order valence-corrected chi connectivity index (χ2v) is 3.07. The van der Waals surface area contributed by atoms with Crippen LogP contribution in [-0.2, 0) is 4.79 Å². The van der Waals surface area contributed by atoms with E-state index in [4.69, 9.17) is 4.74 Å². The minimum atomic E-state index is -0.0772. The SMILES string of the molecule is O=C1CN=NN1CCOc1ccccc1. The lowest BCUT2D eigenvalue weighted by molar-refractivity contribution is -0.128. The fourth-order valence-corrected chi connectivity index (χ4v) is 1.24. The van der Waals surface area contributed by atoms with E-state index in [-0.39, 0.29) is 12.5 Å². The maximum atomic E-state index is 11.1. The molecule has 0 bridgehead atoms. The number of carbonyl (C=O) groups excluding carboxylic acids is 1. The van der Waals surface area contributed by atoms with Crippen molar-refractivity contribution in [3.63, 3.8) is 0 Å². The fraction of sp³-hybridized carbons (Fsp3) is 0.300. The molecule has 0 atom stereocenters. The van der Waals surface area contributed by atoms with Crippen molar-refractivity contribution in [2.75, 3.05) is 19.7 Å². The Bertz CT molecular complexity index is 364. The highest BCUT2D eigenvalue weighted by atomic mass is 16.5. The van der Waals surface area contributed by atoms with Gasteiger partial charge >= 0.3 is 0 Å². The highest BCUT2D eigenvalue weighted by molar-refractivity contribution is 5.78. The molecule has 0 unspecified atom stereocenters. The zero-order valence-corrected chi connectivity index (χ0v) is 8.17. The van der Waals surface area contributed by atoms with E-state index in [1.54, 1.807) is 0 Å². The van der Waals surface area contributed by atoms with Crippen LogP contribution < -0.4 is 4.74 Å². The third-order valence-corrected chi connectivity index (χ3v) is 1.98. The summed E-state index contributed by atoms with van der Waals surface area (Å²) in [6.07, 6.45) is 0. The summed E-state index contributed by atoms with van der Waals surface area (Å²) in [6, 6.07) is 9.46. The van der Waals surface area contributed by atoms with E-state index in [2.05, 4.69) is 10.3 Å². The molecule has 5 heteroatoms. The fourth-order valence-electron chi connectivity index (χ4n) is 1.24. The Morgan fingerprint density at radius 3 is 2.80 bits per heavy atom. The molecule has 0 radical (unpaired) electrons. The molecule has 0 spiro atoms. The Morgan fingerprint density at radius 1 is 1.33 bits per heavy atom. The van der Waals surface area contributed by atoms with Crippen LogP contribution in [0.25, 0.3) is 0 Å². The first-order chi connectivity index (χ1) is 7.36. The number of amides is 1. The van der Waals surface area contributed by atoms with E-state index in [9.17, 15) is 4.79 Å². The van der Waals surface area contributed by atoms with Crippen molar-refractivity contribution < 1.29 is 9.53 Å². The number of nitrogens with zero attached hydrogens (tertiary/aromatic N) is 3. The minimum Gasteiger partial charge on any atom is -0.492 e. The van der Waals surface area contributed by atoms with Crippen molar-refractivity contribution in [1.29, 1.82) is 0 Å². The smallest absolute Gasteiger partial charge is 0.267 e. The second kappa shape index (κ2) is 4.54. The molecule has 0 saturated heterocycles. The van der Waals surface area contributed by atoms with Crippen molar-refractivity contribution in [2.24, 2.45) is 10.3 Å². The molecule has 1 heterocycles. The first kappa shape index (κ1) is 9.64. The van der Waals surface area contributed by atoms with Crippen LogP contribution in [0.4, 0.5) is 0 Å². The van der Waals surface area contributed by atoms with Crippen LogP contribution in [0.15, 0.2) is 40.7 Å². The van der Waals surface area contributed by atoms with Crippen LogP contribution in [-0.4, -0.2) is 30.6 Å². The molecule has 2 rings (SSSR count). The summed E-state index contributed by atoms with van der Waals surface area (Å²) < 4.78 is 5.42. The van der Waals surface area contributed by atoms with Gasteiger partial charge in [0.15, 0.2) is 0 Å². The zero-order chi connectivity index (χ0) is 10.5. The first-order valence-electron chi connectivity index (χ1n) is 4.72. The molecule has 1 aromatic carbocycles. The molecule has 1 amide bonds. The number of hydrogen-bond acceptors (Lipinski definition) is 4. The topological polar surface area (TPSA) is 54.3 Å². The molecule has 0 fully saturated rings. The average Bonchev–Trinajstić information content (AvgIpc) is 2.66. The average molecular weight is 205 g/mol. The highest BCUT2D eigenvalue weighted by Gasteiger charge is 2.17. The lowest BCUT2D eigenvalue weighted by Gasteiger charge is -2.10. The highest BCUT2D eigenvalue weighted by Crippen LogP contribution is 2.08. The van der Waals surface area contributed by atoms with Crippen LogP contribution in [0.2, 0.25) is 0 Å². The van der Waals surface area contributed by atoms with Gasteiger partial charge in [-0.25, -0.2) is 5.01 Å². The van der Waals surface area contributed by atoms with E-state index in [0.717, 1.165) is 5.75 Å². The molecule has 15 heavy (non-hydrogen) atoms. The summed E-state index contributed by atoms with van der Waals surface area (Å²) in [5, 5.41) is 8.62. The maximum Gasteiger partial charge on any atom is 0.267 e. The van der Waals surface area contributed by atoms with Gasteiger partial charge in [0, 0.05) is 0 Å². The summed E-state index contributed by atoms with van der Waals surface area (Å²) >= 11 is 0. The van der Waals surface area contributed by atoms with Gasteiger partial charge in [0.05, 0.1) is 6.54 Å². The number of carbonyl (C=O) groups is 1. The normalized spacial score (nSPS) is 14.7. The third-order valence-electron chi connectivity index (χ3n) is 1.98. The first-order valence-corrected chi connectivity index (χ1v) is 4.72. The lowest BCUT2D eigenvalue weighted by Crippen LogP contribution is -2.27. The molecule has 0 N–H and O–H groups in total. The van der Waals surface area contributed by atoms with Crippen molar-refractivity contribution in [3.8, 4) is 5.75 Å². The van der Waals surface area contributed by atoms with Gasteiger partial charge in [0.25, 0.3) is 5.91 Å². The number of ether oxygens (including phenoxy) is 1. The molecule has 1 aliphatic rings. The molecule has 78 valence electrons. The van der Waals surface area contributed by atoms with E-state index in [1.807, 2.05) is 30.3 Å². The number of hydrogen-bond donors (Lipinski definition) is 0. The molecular formula is C10H11N3O2. The summed E-state index contributed by atoms with van der Waals surface area (Å²) in [4.78, 5) is 11.1. The molecule has 0 saturated carbocycles. The molecule has 1 aliphatic heterocycles. The minimum absolute atomic E-state index is 0.0772. The molecule has 5 nitrogen and oxygen atoms in total. The van der Waals surface area contributed by atoms with Gasteiger partial charge < -0.3 is 4.74 Å². The van der Waals surface area contributed by atoms with Crippen LogP contribution in [0.5, 0.6) is 5.75 Å². The van der Waals surface area contributed by atoms with Gasteiger partial charge in [-0.15, -0.1) is 0 Å². The van der Waals surface area contributed by atoms with Crippen LogP contribution in [0.3, 0.4) is 0 Å². The Labute approximate surface area is 87.3 Å². The number of benzene rings is 1. The Kier molecular flexibility index (Phi) is 2.92. The Balaban J connectivity index is 1.76. The maximum absolute atomic E-state index is 11.1. The predicted octanol–water partition coefficient (Wildman–Crippen LogP) is 1.27. The second-order valence-electron chi connectivity index (χ2n) is 3.07. The van der Waals surface area contributed by atoms with Gasteiger partial charge in [-0.1, -0.05) is 23.4 Å². The molecular weight excluding hydrogens is 194 g/mol. The van der Waals surface area contributed by atoms with Crippen molar-refractivity contribution in [1.82, 2.24) is 5.01 Å². The van der Waals surface area contributed by atoms with Crippen LogP contribution >= 0.6 is 0 Å². The standard InChI is InChI=1S/C10H11N3O2/c14-10-8-11-12-13(10)6-7-15-9-4-2-1-3-5-9/h1-5H,6-8H2. The van der Waals surface area contributed by atoms with E-state index in [0.29, 0.717) is 13.2 Å². The van der Waals surface area contributed by atoms with Gasteiger partial charge in [0.2, 0.25) is 0 Å². The number of para-hydroxylation sites is 1. The number of rotatable bonds is 4. The lowest BCUT2D eigenvalue weighted by atomic mass is 10.3. The van der Waals surface area contributed by atoms with Gasteiger partial charge in [-0.05, 0) is 12.1 Å². The molecule has 1 aromatic rings. The zero-order valence-electron chi connectivity index (χ0n) is 8.17. The van der Waals surface area contributed by atoms with E-state index in [1.165, 1.54) is 5.01 Å². The van der Waals surface area contributed by atoms with Crippen molar-refractivity contribution in [2.45, 2.75) is 0 Å². The van der Waals surface area contributed by atoms with Gasteiger partial charge in [-0.3, -0.25) is 4.79 Å². The van der Waals surface area contributed by atoms with Gasteiger partial charge in [-0.2, -0.15) is 5.11 Å². The van der Waals surface area contributed by atoms with Gasteiger partial charge in [0.1, 0.15) is 18.9 Å². The van der Waals surface area contributed by atoms with Crippen LogP contribution in [0.1, 0.15) is 0 Å². The molecule has 0 aliphatic carbocycles. The van der Waals surface area contributed by atoms with Crippen LogP contribution in [0, 0.1) is 0 Å². The summed E-state index contributed by atoms with van der Waals surface area (Å²) in [6.45, 7) is 1.03. The van der Waals surface area contributed by atoms with Crippen molar-refractivity contribution in [3.05, 3.63) is 30.3 Å². The summed E-state index contributed by atoms with van der Waals surface area (Å²) in [7, 11) is 0. The predicted molar refractivity (Wildman–Crippen MR) is 53.4 cm³/mol. The summed E-state index contributed by atoms with van der Waals surface area (Å²) in [5.74, 6) is 0.716. The third kappa shape index (κ3) is 2.52. The Hall–Kier alpha value is -1.91. The van der Waals surface area contributed by atoms with E-state index >= 15 is 0 Å². The summed E-state index contributed by atoms with van der Waals surface area (Å²) in [5.41, 5.74) is 0.